The lowest BCUT2D eigenvalue weighted by Crippen LogP contribution is -2.58. The molecule has 2 saturated carbocycles. The van der Waals surface area contributed by atoms with Crippen molar-refractivity contribution in [3.8, 4) is 17.3 Å². The molecule has 0 radical (unpaired) electrons. The number of aromatic nitrogens is 3. The number of para-hydroxylation sites is 1. The minimum absolute atomic E-state index is 0.0239. The van der Waals surface area contributed by atoms with Gasteiger partial charge in [0.2, 0.25) is 27.4 Å². The number of amides is 4. The third-order valence-electron chi connectivity index (χ3n) is 11.3. The summed E-state index contributed by atoms with van der Waals surface area (Å²) in [7, 11) is -3.98. The molecule has 4 heterocycles. The highest BCUT2D eigenvalue weighted by Gasteiger charge is 2.62. The van der Waals surface area contributed by atoms with Crippen molar-refractivity contribution in [2.45, 2.75) is 81.6 Å². The van der Waals surface area contributed by atoms with Gasteiger partial charge < -0.3 is 30.0 Å². The van der Waals surface area contributed by atoms with Crippen LogP contribution in [0.5, 0.6) is 5.88 Å². The maximum Gasteiger partial charge on any atom is 0.416 e. The fourth-order valence-corrected chi connectivity index (χ4v) is 9.75. The van der Waals surface area contributed by atoms with E-state index in [-0.39, 0.29) is 59.0 Å². The highest BCUT2D eigenvalue weighted by molar-refractivity contribution is 7.91. The SMILES string of the molecule is C=C[C@@H]1C[C@]1(NC(=O)[C@@H]1C[C@@H](Oc2nc(-c3ccc(C(F)(F)F)cc3)nc3c2oc2ccccc23)CN1C(=O)[C@@H](Nc1nc(C(=O)NCC)cs1)C(C)C)C(=O)NS(=O)(=O)C1CC1. The molecule has 0 bridgehead atoms. The van der Waals surface area contributed by atoms with E-state index < -0.39 is 80.3 Å². The monoisotopic (exact) mass is 908 g/mol. The number of ether oxygens (including phenoxy) is 1. The number of hydrogen-bond acceptors (Lipinski definition) is 13. The fourth-order valence-electron chi connectivity index (χ4n) is 7.66. The van der Waals surface area contributed by atoms with Crippen LogP contribution in [0.2, 0.25) is 0 Å². The average molecular weight is 909 g/mol. The summed E-state index contributed by atoms with van der Waals surface area (Å²) in [5, 5.41) is 10.3. The molecule has 3 fully saturated rings. The number of nitrogens with zero attached hydrogens (tertiary/aromatic N) is 4. The first-order chi connectivity index (χ1) is 29.9. The number of benzene rings is 2. The van der Waals surface area contributed by atoms with E-state index in [1.807, 2.05) is 0 Å². The van der Waals surface area contributed by atoms with Gasteiger partial charge in [-0.15, -0.1) is 17.9 Å². The number of carbonyl (C=O) groups excluding carboxylic acids is 4. The van der Waals surface area contributed by atoms with Crippen LogP contribution in [0.1, 0.15) is 62.5 Å². The lowest BCUT2D eigenvalue weighted by Gasteiger charge is -2.31. The van der Waals surface area contributed by atoms with Crippen LogP contribution in [0.3, 0.4) is 0 Å². The van der Waals surface area contributed by atoms with Crippen molar-refractivity contribution in [1.29, 1.82) is 0 Å². The number of halogens is 3. The Morgan fingerprint density at radius 3 is 2.46 bits per heavy atom. The maximum absolute atomic E-state index is 14.7. The number of fused-ring (bicyclic) bond motifs is 3. The molecule has 4 N–H and O–H groups in total. The Labute approximate surface area is 363 Å². The van der Waals surface area contributed by atoms with E-state index in [0.717, 1.165) is 23.5 Å². The molecule has 1 saturated heterocycles. The zero-order chi connectivity index (χ0) is 45.0. The van der Waals surface area contributed by atoms with E-state index in [2.05, 4.69) is 42.2 Å². The van der Waals surface area contributed by atoms with Crippen LogP contribution in [0.4, 0.5) is 18.3 Å². The van der Waals surface area contributed by atoms with Crippen molar-refractivity contribution in [2.24, 2.45) is 11.8 Å². The second-order valence-electron chi connectivity index (χ2n) is 16.1. The molecule has 332 valence electrons. The quantitative estimate of drug-likeness (QED) is 0.0970. The zero-order valence-electron chi connectivity index (χ0n) is 34.2. The molecular formula is C42H43F3N8O8S2. The highest BCUT2D eigenvalue weighted by Crippen LogP contribution is 2.46. The largest absolute Gasteiger partial charge is 0.470 e. The van der Waals surface area contributed by atoms with Gasteiger partial charge in [0.05, 0.1) is 17.4 Å². The summed E-state index contributed by atoms with van der Waals surface area (Å²) >= 11 is 1.11. The van der Waals surface area contributed by atoms with Crippen LogP contribution < -0.4 is 25.4 Å². The number of likely N-dealkylation sites (tertiary alicyclic amines) is 1. The number of thiazole rings is 1. The Kier molecular flexibility index (Phi) is 11.4. The minimum Gasteiger partial charge on any atom is -0.470 e. The second kappa shape index (κ2) is 16.6. The normalized spacial score (nSPS) is 21.6. The smallest absolute Gasteiger partial charge is 0.416 e. The highest BCUT2D eigenvalue weighted by atomic mass is 32.2. The summed E-state index contributed by atoms with van der Waals surface area (Å²) in [6.07, 6.45) is -3.33. The number of anilines is 1. The number of carbonyl (C=O) groups is 4. The second-order valence-corrected chi connectivity index (χ2v) is 19.0. The summed E-state index contributed by atoms with van der Waals surface area (Å²) < 4.78 is 80.8. The zero-order valence-corrected chi connectivity index (χ0v) is 35.8. The molecule has 3 aromatic heterocycles. The predicted octanol–water partition coefficient (Wildman–Crippen LogP) is 5.42. The van der Waals surface area contributed by atoms with Crippen molar-refractivity contribution in [2.75, 3.05) is 18.4 Å². The minimum atomic E-state index is -4.57. The van der Waals surface area contributed by atoms with Crippen LogP contribution in [0.15, 0.2) is 71.0 Å². The predicted molar refractivity (Wildman–Crippen MR) is 226 cm³/mol. The first kappa shape index (κ1) is 43.6. The number of sulfonamides is 1. The summed E-state index contributed by atoms with van der Waals surface area (Å²) in [6.45, 7) is 9.30. The lowest BCUT2D eigenvalue weighted by atomic mass is 10.0. The van der Waals surface area contributed by atoms with Crippen LogP contribution in [0.25, 0.3) is 33.5 Å². The number of alkyl halides is 3. The van der Waals surface area contributed by atoms with Gasteiger partial charge >= 0.3 is 6.18 Å². The molecule has 8 rings (SSSR count). The molecule has 3 aliphatic rings. The van der Waals surface area contributed by atoms with Crippen molar-refractivity contribution in [3.05, 3.63) is 77.8 Å². The van der Waals surface area contributed by atoms with Gasteiger partial charge in [-0.25, -0.2) is 18.4 Å². The van der Waals surface area contributed by atoms with Gasteiger partial charge in [0, 0.05) is 35.2 Å². The van der Waals surface area contributed by atoms with Crippen molar-refractivity contribution in [3.63, 3.8) is 0 Å². The molecule has 63 heavy (non-hydrogen) atoms. The number of hydrogen-bond donors (Lipinski definition) is 4. The lowest BCUT2D eigenvalue weighted by molar-refractivity contribution is -0.140. The van der Waals surface area contributed by atoms with Crippen molar-refractivity contribution >= 4 is 72.2 Å². The maximum atomic E-state index is 14.7. The number of furan rings is 1. The summed E-state index contributed by atoms with van der Waals surface area (Å²) in [4.78, 5) is 70.3. The average Bonchev–Trinajstić information content (AvgIpc) is 4.08. The van der Waals surface area contributed by atoms with E-state index in [9.17, 15) is 40.8 Å². The third-order valence-corrected chi connectivity index (χ3v) is 13.9. The van der Waals surface area contributed by atoms with E-state index in [4.69, 9.17) is 9.15 Å². The first-order valence-electron chi connectivity index (χ1n) is 20.3. The molecule has 2 aromatic carbocycles. The van der Waals surface area contributed by atoms with Gasteiger partial charge in [0.15, 0.2) is 11.0 Å². The van der Waals surface area contributed by atoms with Gasteiger partial charge in [-0.2, -0.15) is 18.2 Å². The molecule has 16 nitrogen and oxygen atoms in total. The third kappa shape index (κ3) is 8.67. The standard InChI is InChI=1S/C42H43F3N8O8S2/c1-5-23-18-41(23,39(57)52-63(58,59)26-15-16-26)51-36(55)29-17-25(19-53(29)38(56)31(21(3)4)49-40-47-28(20-62-40)35(54)46-6-2)60-37-33-32(27-9-7-8-10-30(27)61-33)48-34(50-37)22-11-13-24(14-12-22)42(43,44)45/h5,7-14,20-21,23,25-26,29,31H,1,6,15-19H2,2-4H3,(H,46,54)(H,47,49)(H,51,55)(H,52,57)/t23-,25-,29+,31+,41-/m1/s1. The molecule has 2 aliphatic carbocycles. The number of rotatable bonds is 15. The Hall–Kier alpha value is -6.09. The van der Waals surface area contributed by atoms with E-state index in [0.29, 0.717) is 35.9 Å². The molecular weight excluding hydrogens is 866 g/mol. The Balaban J connectivity index is 1.13. The van der Waals surface area contributed by atoms with Crippen LogP contribution in [-0.4, -0.2) is 94.0 Å². The van der Waals surface area contributed by atoms with Gasteiger partial charge in [-0.3, -0.25) is 23.9 Å². The molecule has 4 amide bonds. The van der Waals surface area contributed by atoms with Crippen molar-refractivity contribution in [1.82, 2.24) is 35.2 Å². The molecule has 5 atom stereocenters. The summed E-state index contributed by atoms with van der Waals surface area (Å²) in [5.74, 6) is -3.67. The fraction of sp³-hybridized carbons (Fsp3) is 0.405. The van der Waals surface area contributed by atoms with Gasteiger partial charge in [-0.05, 0) is 56.4 Å². The van der Waals surface area contributed by atoms with Gasteiger partial charge in [0.25, 0.3) is 17.7 Å². The first-order valence-corrected chi connectivity index (χ1v) is 22.7. The topological polar surface area (TPSA) is 215 Å². The number of nitrogens with one attached hydrogen (secondary N) is 4. The Bertz CT molecular complexity index is 2740. The Morgan fingerprint density at radius 2 is 1.81 bits per heavy atom. The van der Waals surface area contributed by atoms with Crippen LogP contribution >= 0.6 is 11.3 Å². The molecule has 1 aliphatic heterocycles. The van der Waals surface area contributed by atoms with Gasteiger partial charge in [-0.1, -0.05) is 44.2 Å². The van der Waals surface area contributed by atoms with E-state index in [1.54, 1.807) is 50.4 Å². The summed E-state index contributed by atoms with van der Waals surface area (Å²) in [5.41, 5.74) is -1.26. The van der Waals surface area contributed by atoms with Gasteiger partial charge in [0.1, 0.15) is 40.5 Å². The van der Waals surface area contributed by atoms with E-state index in [1.165, 1.54) is 23.1 Å². The molecule has 5 aromatic rings. The van der Waals surface area contributed by atoms with Crippen molar-refractivity contribution < 1.29 is 49.9 Å². The molecule has 21 heteroatoms. The Morgan fingerprint density at radius 1 is 1.08 bits per heavy atom. The van der Waals surface area contributed by atoms with Crippen LogP contribution in [-0.2, 0) is 30.6 Å². The van der Waals surface area contributed by atoms with Crippen LogP contribution in [0, 0.1) is 11.8 Å². The van der Waals surface area contributed by atoms with E-state index >= 15 is 0 Å². The summed E-state index contributed by atoms with van der Waals surface area (Å²) in [6, 6.07) is 9.01. The molecule has 0 spiro atoms. The molecule has 0 unspecified atom stereocenters.